The summed E-state index contributed by atoms with van der Waals surface area (Å²) in [6.07, 6.45) is 3.42. The van der Waals surface area contributed by atoms with Gasteiger partial charge in [-0.2, -0.15) is 0 Å². The van der Waals surface area contributed by atoms with Gasteiger partial charge in [-0.3, -0.25) is 10.1 Å². The van der Waals surface area contributed by atoms with Gasteiger partial charge in [-0.15, -0.1) is 0 Å². The number of rotatable bonds is 0. The van der Waals surface area contributed by atoms with E-state index >= 15 is 0 Å². The van der Waals surface area contributed by atoms with E-state index in [1.54, 1.807) is 12.4 Å². The number of hydrogen-bond donors (Lipinski definition) is 2. The Morgan fingerprint density at radius 2 is 2.64 bits per heavy atom. The normalized spacial score (nSPS) is 22.6. The maximum Gasteiger partial charge on any atom is 0.245 e. The number of nitrogens with one attached hydrogen (secondary N) is 1. The van der Waals surface area contributed by atoms with E-state index in [0.717, 1.165) is 0 Å². The molecule has 0 saturated carbocycles. The zero-order chi connectivity index (χ0) is 7.84. The van der Waals surface area contributed by atoms with E-state index in [-0.39, 0.29) is 5.91 Å². The molecule has 0 spiro atoms. The molecule has 1 aromatic heterocycles. The number of fused-ring (bicyclic) bond motifs is 1. The SMILES string of the molecule is N[C@H]1Cn2ccnc2NC1=O. The minimum atomic E-state index is -0.448. The number of aromatic nitrogens is 2. The van der Waals surface area contributed by atoms with Gasteiger partial charge in [0.2, 0.25) is 11.9 Å². The van der Waals surface area contributed by atoms with Gasteiger partial charge in [0, 0.05) is 18.9 Å². The monoisotopic (exact) mass is 152 g/mol. The second kappa shape index (κ2) is 2.06. The molecule has 58 valence electrons. The molecule has 1 amide bonds. The molecule has 3 N–H and O–H groups in total. The van der Waals surface area contributed by atoms with Crippen LogP contribution in [0, 0.1) is 0 Å². The lowest BCUT2D eigenvalue weighted by Crippen LogP contribution is -2.43. The molecule has 1 atom stereocenters. The Labute approximate surface area is 63.2 Å². The summed E-state index contributed by atoms with van der Waals surface area (Å²) in [5.74, 6) is 0.417. The van der Waals surface area contributed by atoms with Gasteiger partial charge in [0.15, 0.2) is 0 Å². The minimum Gasteiger partial charge on any atom is -0.318 e. The molecule has 0 unspecified atom stereocenters. The molecule has 0 radical (unpaired) electrons. The molecule has 0 aromatic carbocycles. The number of carbonyl (C=O) groups is 1. The molecule has 5 nitrogen and oxygen atoms in total. The van der Waals surface area contributed by atoms with Crippen LogP contribution in [0.1, 0.15) is 0 Å². The first-order valence-electron chi connectivity index (χ1n) is 3.35. The predicted molar refractivity (Wildman–Crippen MR) is 38.8 cm³/mol. The molecule has 0 bridgehead atoms. The lowest BCUT2D eigenvalue weighted by Gasteiger charge is -2.19. The third-order valence-corrected chi connectivity index (χ3v) is 1.68. The van der Waals surface area contributed by atoms with Crippen LogP contribution in [0.4, 0.5) is 5.95 Å². The Morgan fingerprint density at radius 3 is 3.45 bits per heavy atom. The molecule has 1 aliphatic rings. The van der Waals surface area contributed by atoms with Crippen molar-refractivity contribution in [2.45, 2.75) is 12.6 Å². The predicted octanol–water partition coefficient (Wildman–Crippen LogP) is -0.838. The number of imidazole rings is 1. The average Bonchev–Trinajstić information content (AvgIpc) is 2.36. The molecule has 2 heterocycles. The largest absolute Gasteiger partial charge is 0.318 e. The van der Waals surface area contributed by atoms with Crippen molar-refractivity contribution in [3.63, 3.8) is 0 Å². The highest BCUT2D eigenvalue weighted by atomic mass is 16.2. The lowest BCUT2D eigenvalue weighted by molar-refractivity contribution is -0.118. The molecule has 1 aliphatic heterocycles. The van der Waals surface area contributed by atoms with Crippen molar-refractivity contribution < 1.29 is 4.79 Å². The first kappa shape index (κ1) is 6.36. The standard InChI is InChI=1S/C6H8N4O/c7-4-3-10-2-1-8-6(10)9-5(4)11/h1-2,4H,3,7H2,(H,8,9,11)/t4-/m0/s1. The maximum atomic E-state index is 11.0. The highest BCUT2D eigenvalue weighted by molar-refractivity contribution is 5.94. The van der Waals surface area contributed by atoms with Crippen molar-refractivity contribution in [2.24, 2.45) is 5.73 Å². The smallest absolute Gasteiger partial charge is 0.245 e. The third kappa shape index (κ3) is 0.894. The van der Waals surface area contributed by atoms with Gasteiger partial charge >= 0.3 is 0 Å². The third-order valence-electron chi connectivity index (χ3n) is 1.68. The fourth-order valence-electron chi connectivity index (χ4n) is 1.08. The number of nitrogens with two attached hydrogens (primary N) is 1. The van der Waals surface area contributed by atoms with Crippen LogP contribution in [0.3, 0.4) is 0 Å². The van der Waals surface area contributed by atoms with Gasteiger partial charge in [0.25, 0.3) is 0 Å². The van der Waals surface area contributed by atoms with Crippen molar-refractivity contribution in [1.82, 2.24) is 9.55 Å². The first-order chi connectivity index (χ1) is 5.27. The quantitative estimate of drug-likeness (QED) is 0.509. The number of hydrogen-bond acceptors (Lipinski definition) is 3. The van der Waals surface area contributed by atoms with Crippen LogP contribution in [0.15, 0.2) is 12.4 Å². The van der Waals surface area contributed by atoms with Gasteiger partial charge in [0.05, 0.1) is 0 Å². The van der Waals surface area contributed by atoms with Crippen LogP contribution in [-0.2, 0) is 11.3 Å². The van der Waals surface area contributed by atoms with Gasteiger partial charge in [-0.1, -0.05) is 0 Å². The van der Waals surface area contributed by atoms with Crippen molar-refractivity contribution in [3.05, 3.63) is 12.4 Å². The number of carbonyl (C=O) groups excluding carboxylic acids is 1. The van der Waals surface area contributed by atoms with Crippen molar-refractivity contribution in [2.75, 3.05) is 5.32 Å². The highest BCUT2D eigenvalue weighted by Gasteiger charge is 2.22. The molecule has 0 fully saturated rings. The summed E-state index contributed by atoms with van der Waals surface area (Å²) in [6, 6.07) is -0.448. The Balaban J connectivity index is 2.37. The fourth-order valence-corrected chi connectivity index (χ4v) is 1.08. The van der Waals surface area contributed by atoms with Gasteiger partial charge in [-0.25, -0.2) is 4.98 Å². The number of amides is 1. The molecular weight excluding hydrogens is 144 g/mol. The molecule has 0 aliphatic carbocycles. The lowest BCUT2D eigenvalue weighted by atomic mass is 10.2. The molecule has 5 heteroatoms. The summed E-state index contributed by atoms with van der Waals surface area (Å²) in [7, 11) is 0. The van der Waals surface area contributed by atoms with Crippen LogP contribution >= 0.6 is 0 Å². The van der Waals surface area contributed by atoms with Crippen LogP contribution in [-0.4, -0.2) is 21.5 Å². The number of nitrogens with zero attached hydrogens (tertiary/aromatic N) is 2. The van der Waals surface area contributed by atoms with Crippen LogP contribution in [0.5, 0.6) is 0 Å². The zero-order valence-electron chi connectivity index (χ0n) is 5.82. The summed E-state index contributed by atoms with van der Waals surface area (Å²) in [4.78, 5) is 14.9. The summed E-state index contributed by atoms with van der Waals surface area (Å²) in [5, 5.41) is 2.58. The van der Waals surface area contributed by atoms with E-state index in [4.69, 9.17) is 5.73 Å². The summed E-state index contributed by atoms with van der Waals surface area (Å²) < 4.78 is 1.81. The summed E-state index contributed by atoms with van der Waals surface area (Å²) >= 11 is 0. The Morgan fingerprint density at radius 1 is 1.82 bits per heavy atom. The molecular formula is C6H8N4O. The highest BCUT2D eigenvalue weighted by Crippen LogP contribution is 2.10. The second-order valence-electron chi connectivity index (χ2n) is 2.50. The molecule has 11 heavy (non-hydrogen) atoms. The zero-order valence-corrected chi connectivity index (χ0v) is 5.82. The topological polar surface area (TPSA) is 72.9 Å². The van der Waals surface area contributed by atoms with E-state index in [2.05, 4.69) is 10.3 Å². The van der Waals surface area contributed by atoms with E-state index in [1.807, 2.05) is 4.57 Å². The summed E-state index contributed by atoms with van der Waals surface area (Å²) in [5.41, 5.74) is 5.49. The van der Waals surface area contributed by atoms with Crippen molar-refractivity contribution in [1.29, 1.82) is 0 Å². The van der Waals surface area contributed by atoms with Crippen LogP contribution in [0.2, 0.25) is 0 Å². The van der Waals surface area contributed by atoms with E-state index in [9.17, 15) is 4.79 Å². The molecule has 2 rings (SSSR count). The van der Waals surface area contributed by atoms with Crippen LogP contribution in [0.25, 0.3) is 0 Å². The Bertz CT molecular complexity index is 293. The van der Waals surface area contributed by atoms with Crippen LogP contribution < -0.4 is 11.1 Å². The minimum absolute atomic E-state index is 0.163. The Kier molecular flexibility index (Phi) is 1.19. The van der Waals surface area contributed by atoms with Gasteiger partial charge < -0.3 is 10.3 Å². The average molecular weight is 152 g/mol. The van der Waals surface area contributed by atoms with E-state index in [1.165, 1.54) is 0 Å². The van der Waals surface area contributed by atoms with Gasteiger partial charge in [0.1, 0.15) is 6.04 Å². The van der Waals surface area contributed by atoms with Crippen molar-refractivity contribution in [3.8, 4) is 0 Å². The first-order valence-corrected chi connectivity index (χ1v) is 3.35. The van der Waals surface area contributed by atoms with Gasteiger partial charge in [-0.05, 0) is 0 Å². The second-order valence-corrected chi connectivity index (χ2v) is 2.50. The molecule has 1 aromatic rings. The molecule has 0 saturated heterocycles. The van der Waals surface area contributed by atoms with E-state index in [0.29, 0.717) is 12.5 Å². The number of anilines is 1. The summed E-state index contributed by atoms with van der Waals surface area (Å²) in [6.45, 7) is 0.515. The van der Waals surface area contributed by atoms with E-state index < -0.39 is 6.04 Å². The maximum absolute atomic E-state index is 11.0. The Hall–Kier alpha value is -1.36. The van der Waals surface area contributed by atoms with Crippen molar-refractivity contribution >= 4 is 11.9 Å². The fraction of sp³-hybridized carbons (Fsp3) is 0.333.